The lowest BCUT2D eigenvalue weighted by Gasteiger charge is -2.27. The number of aromatic nitrogens is 1. The van der Waals surface area contributed by atoms with Crippen molar-refractivity contribution in [2.75, 3.05) is 0 Å². The third kappa shape index (κ3) is 2.52. The Morgan fingerprint density at radius 3 is 2.74 bits per heavy atom. The summed E-state index contributed by atoms with van der Waals surface area (Å²) in [6.45, 7) is 2.79. The Kier molecular flexibility index (Phi) is 3.41. The molecule has 0 unspecified atom stereocenters. The van der Waals surface area contributed by atoms with Gasteiger partial charge in [0.2, 0.25) is 5.91 Å². The number of benzene rings is 2. The number of hydrogen-bond acceptors (Lipinski definition) is 1. The Morgan fingerprint density at radius 1 is 1.09 bits per heavy atom. The number of carbonyl (C=O) groups is 1. The second-order valence-electron chi connectivity index (χ2n) is 6.31. The standard InChI is InChI=1S/C20H20N2O/c1-15-7-8-17-11-12-21(18(17)13-15)19-9-10-20(23)22(19)14-16-5-3-2-4-6-16/h2-8,11-13,19H,9-10,14H2,1H3/t19-/m0/s1. The number of aryl methyl sites for hydroxylation is 1. The lowest BCUT2D eigenvalue weighted by Crippen LogP contribution is -2.30. The van der Waals surface area contributed by atoms with Crippen molar-refractivity contribution in [3.05, 3.63) is 71.9 Å². The largest absolute Gasteiger partial charge is 0.326 e. The van der Waals surface area contributed by atoms with Gasteiger partial charge in [0, 0.05) is 19.2 Å². The maximum absolute atomic E-state index is 12.4. The molecular formula is C20H20N2O. The molecule has 0 bridgehead atoms. The maximum atomic E-state index is 12.4. The first-order valence-corrected chi connectivity index (χ1v) is 8.13. The molecule has 1 amide bonds. The molecule has 4 rings (SSSR count). The van der Waals surface area contributed by atoms with Crippen LogP contribution in [0.2, 0.25) is 0 Å². The highest BCUT2D eigenvalue weighted by atomic mass is 16.2. The fourth-order valence-corrected chi connectivity index (χ4v) is 3.50. The average Bonchev–Trinajstić information content (AvgIpc) is 3.12. The number of rotatable bonds is 3. The third-order valence-corrected chi connectivity index (χ3v) is 4.69. The molecule has 2 aromatic carbocycles. The predicted molar refractivity (Wildman–Crippen MR) is 91.9 cm³/mol. The molecule has 0 saturated carbocycles. The summed E-state index contributed by atoms with van der Waals surface area (Å²) in [4.78, 5) is 14.4. The summed E-state index contributed by atoms with van der Waals surface area (Å²) in [6, 6.07) is 18.9. The minimum atomic E-state index is 0.113. The van der Waals surface area contributed by atoms with E-state index < -0.39 is 0 Å². The minimum absolute atomic E-state index is 0.113. The molecule has 3 heteroatoms. The highest BCUT2D eigenvalue weighted by Gasteiger charge is 2.32. The van der Waals surface area contributed by atoms with Crippen LogP contribution in [0, 0.1) is 6.92 Å². The Bertz CT molecular complexity index is 850. The van der Waals surface area contributed by atoms with Gasteiger partial charge in [-0.15, -0.1) is 0 Å². The molecular weight excluding hydrogens is 284 g/mol. The van der Waals surface area contributed by atoms with Crippen LogP contribution in [0.1, 0.15) is 30.1 Å². The van der Waals surface area contributed by atoms with Crippen LogP contribution in [0.25, 0.3) is 10.9 Å². The smallest absolute Gasteiger partial charge is 0.224 e. The molecule has 3 aromatic rings. The highest BCUT2D eigenvalue weighted by molar-refractivity contribution is 5.82. The van der Waals surface area contributed by atoms with E-state index in [0.717, 1.165) is 6.42 Å². The van der Waals surface area contributed by atoms with E-state index in [-0.39, 0.29) is 12.1 Å². The Labute approximate surface area is 136 Å². The van der Waals surface area contributed by atoms with Crippen molar-refractivity contribution in [3.63, 3.8) is 0 Å². The van der Waals surface area contributed by atoms with Crippen molar-refractivity contribution >= 4 is 16.8 Å². The third-order valence-electron chi connectivity index (χ3n) is 4.69. The molecule has 2 heterocycles. The summed E-state index contributed by atoms with van der Waals surface area (Å²) in [5.74, 6) is 0.244. The van der Waals surface area contributed by atoms with E-state index in [2.05, 4.69) is 54.1 Å². The number of amides is 1. The van der Waals surface area contributed by atoms with E-state index in [0.29, 0.717) is 13.0 Å². The van der Waals surface area contributed by atoms with E-state index in [1.165, 1.54) is 22.0 Å². The molecule has 3 nitrogen and oxygen atoms in total. The van der Waals surface area contributed by atoms with Gasteiger partial charge in [-0.25, -0.2) is 0 Å². The molecule has 1 aromatic heterocycles. The molecule has 116 valence electrons. The molecule has 23 heavy (non-hydrogen) atoms. The van der Waals surface area contributed by atoms with Crippen LogP contribution in [0.3, 0.4) is 0 Å². The topological polar surface area (TPSA) is 25.2 Å². The van der Waals surface area contributed by atoms with Crippen LogP contribution in [0.4, 0.5) is 0 Å². The minimum Gasteiger partial charge on any atom is -0.326 e. The Hall–Kier alpha value is -2.55. The monoisotopic (exact) mass is 304 g/mol. The molecule has 1 atom stereocenters. The summed E-state index contributed by atoms with van der Waals surface area (Å²) < 4.78 is 2.26. The van der Waals surface area contributed by atoms with Crippen molar-refractivity contribution in [1.82, 2.24) is 9.47 Å². The number of carbonyl (C=O) groups excluding carboxylic acids is 1. The Balaban J connectivity index is 1.71. The van der Waals surface area contributed by atoms with Gasteiger partial charge in [0.15, 0.2) is 0 Å². The van der Waals surface area contributed by atoms with Gasteiger partial charge < -0.3 is 9.47 Å². The maximum Gasteiger partial charge on any atom is 0.224 e. The van der Waals surface area contributed by atoms with Crippen molar-refractivity contribution in [2.24, 2.45) is 0 Å². The molecule has 0 radical (unpaired) electrons. The van der Waals surface area contributed by atoms with Crippen LogP contribution < -0.4 is 0 Å². The first-order chi connectivity index (χ1) is 11.2. The van der Waals surface area contributed by atoms with Crippen molar-refractivity contribution in [1.29, 1.82) is 0 Å². The van der Waals surface area contributed by atoms with Crippen molar-refractivity contribution < 1.29 is 4.79 Å². The number of hydrogen-bond donors (Lipinski definition) is 0. The normalized spacial score (nSPS) is 18.0. The molecule has 1 aliphatic rings. The van der Waals surface area contributed by atoms with E-state index in [9.17, 15) is 4.79 Å². The quantitative estimate of drug-likeness (QED) is 0.709. The molecule has 0 aliphatic carbocycles. The van der Waals surface area contributed by atoms with Crippen molar-refractivity contribution in [2.45, 2.75) is 32.5 Å². The molecule has 1 aliphatic heterocycles. The summed E-state index contributed by atoms with van der Waals surface area (Å²) in [5, 5.41) is 1.23. The zero-order valence-corrected chi connectivity index (χ0v) is 13.3. The van der Waals surface area contributed by atoms with E-state index in [1.54, 1.807) is 0 Å². The van der Waals surface area contributed by atoms with Gasteiger partial charge in [-0.3, -0.25) is 4.79 Å². The van der Waals surface area contributed by atoms with Crippen LogP contribution in [-0.2, 0) is 11.3 Å². The van der Waals surface area contributed by atoms with E-state index in [4.69, 9.17) is 0 Å². The summed E-state index contributed by atoms with van der Waals surface area (Å²) in [6.07, 6.45) is 3.74. The van der Waals surface area contributed by atoms with Crippen LogP contribution in [-0.4, -0.2) is 15.4 Å². The van der Waals surface area contributed by atoms with Gasteiger partial charge in [0.05, 0.1) is 5.52 Å². The zero-order valence-electron chi connectivity index (χ0n) is 13.3. The summed E-state index contributed by atoms with van der Waals surface area (Å²) >= 11 is 0. The Morgan fingerprint density at radius 2 is 1.91 bits per heavy atom. The van der Waals surface area contributed by atoms with Gasteiger partial charge in [-0.05, 0) is 42.0 Å². The van der Waals surface area contributed by atoms with Gasteiger partial charge in [-0.2, -0.15) is 0 Å². The van der Waals surface area contributed by atoms with Gasteiger partial charge in [0.25, 0.3) is 0 Å². The van der Waals surface area contributed by atoms with Crippen LogP contribution in [0.5, 0.6) is 0 Å². The second kappa shape index (κ2) is 5.58. The fourth-order valence-electron chi connectivity index (χ4n) is 3.50. The van der Waals surface area contributed by atoms with E-state index >= 15 is 0 Å². The zero-order chi connectivity index (χ0) is 15.8. The lowest BCUT2D eigenvalue weighted by atomic mass is 10.2. The molecule has 0 N–H and O–H groups in total. The van der Waals surface area contributed by atoms with Crippen molar-refractivity contribution in [3.8, 4) is 0 Å². The highest BCUT2D eigenvalue weighted by Crippen LogP contribution is 2.33. The van der Waals surface area contributed by atoms with Gasteiger partial charge in [-0.1, -0.05) is 42.5 Å². The SMILES string of the molecule is Cc1ccc2ccn([C@@H]3CCC(=O)N3Cc3ccccc3)c2c1. The number of fused-ring (bicyclic) bond motifs is 1. The fraction of sp³-hybridized carbons (Fsp3) is 0.250. The molecule has 0 spiro atoms. The van der Waals surface area contributed by atoms with E-state index in [1.807, 2.05) is 23.1 Å². The predicted octanol–water partition coefficient (Wildman–Crippen LogP) is 4.27. The van der Waals surface area contributed by atoms with Crippen LogP contribution in [0.15, 0.2) is 60.8 Å². The summed E-state index contributed by atoms with van der Waals surface area (Å²) in [5.41, 5.74) is 3.64. The first-order valence-electron chi connectivity index (χ1n) is 8.13. The second-order valence-corrected chi connectivity index (χ2v) is 6.31. The average molecular weight is 304 g/mol. The summed E-state index contributed by atoms with van der Waals surface area (Å²) in [7, 11) is 0. The molecule has 1 fully saturated rings. The van der Waals surface area contributed by atoms with Crippen LogP contribution >= 0.6 is 0 Å². The molecule has 1 saturated heterocycles. The number of nitrogens with zero attached hydrogens (tertiary/aromatic N) is 2. The number of likely N-dealkylation sites (tertiary alicyclic amines) is 1. The first kappa shape index (κ1) is 14.1. The lowest BCUT2D eigenvalue weighted by molar-refractivity contribution is -0.130. The van der Waals surface area contributed by atoms with Gasteiger partial charge >= 0.3 is 0 Å². The van der Waals surface area contributed by atoms with Gasteiger partial charge in [0.1, 0.15) is 6.17 Å².